The fourth-order valence-electron chi connectivity index (χ4n) is 2.31. The zero-order chi connectivity index (χ0) is 15.5. The highest BCUT2D eigenvalue weighted by atomic mass is 16.5. The van der Waals surface area contributed by atoms with Crippen molar-refractivity contribution < 1.29 is 14.3 Å². The molecule has 2 aliphatic heterocycles. The Hall–Kier alpha value is -2.34. The Kier molecular flexibility index (Phi) is 4.11. The summed E-state index contributed by atoms with van der Waals surface area (Å²) in [7, 11) is 3.97. The van der Waals surface area contributed by atoms with Crippen LogP contribution in [0.25, 0.3) is 6.08 Å². The molecule has 0 spiro atoms. The molecule has 0 saturated carbocycles. The zero-order valence-electron chi connectivity index (χ0n) is 12.8. The van der Waals surface area contributed by atoms with E-state index >= 15 is 0 Å². The summed E-state index contributed by atoms with van der Waals surface area (Å²) in [6, 6.07) is 8.27. The Balaban J connectivity index is 1.71. The van der Waals surface area contributed by atoms with E-state index in [2.05, 4.69) is 4.99 Å². The molecule has 0 N–H and O–H groups in total. The summed E-state index contributed by atoms with van der Waals surface area (Å²) >= 11 is 0. The van der Waals surface area contributed by atoms with E-state index in [0.717, 1.165) is 11.3 Å². The maximum atomic E-state index is 12.0. The number of hydrogen-bond donors (Lipinski definition) is 0. The summed E-state index contributed by atoms with van der Waals surface area (Å²) in [5.74, 6) is -0.0720. The number of carbonyl (C=O) groups excluding carboxylic acids is 1. The van der Waals surface area contributed by atoms with Crippen LogP contribution in [0, 0.1) is 0 Å². The van der Waals surface area contributed by atoms with E-state index in [4.69, 9.17) is 9.47 Å². The van der Waals surface area contributed by atoms with Gasteiger partial charge in [-0.3, -0.25) is 4.79 Å². The first-order chi connectivity index (χ1) is 10.6. The number of aliphatic imine (C=N–C) groups is 1. The van der Waals surface area contributed by atoms with Gasteiger partial charge in [0.2, 0.25) is 0 Å². The van der Waals surface area contributed by atoms with Crippen molar-refractivity contribution in [1.82, 2.24) is 4.90 Å². The lowest BCUT2D eigenvalue weighted by Gasteiger charge is -2.26. The predicted molar refractivity (Wildman–Crippen MR) is 84.7 cm³/mol. The fraction of sp³-hybridized carbons (Fsp3) is 0.375. The molecule has 1 amide bonds. The Morgan fingerprint density at radius 1 is 1.18 bits per heavy atom. The Morgan fingerprint density at radius 3 is 2.50 bits per heavy atom. The van der Waals surface area contributed by atoms with E-state index in [1.807, 2.05) is 48.2 Å². The topological polar surface area (TPSA) is 54.4 Å². The number of anilines is 1. The van der Waals surface area contributed by atoms with Gasteiger partial charge < -0.3 is 19.3 Å². The van der Waals surface area contributed by atoms with Crippen molar-refractivity contribution in [3.05, 3.63) is 35.6 Å². The highest BCUT2D eigenvalue weighted by molar-refractivity contribution is 6.08. The van der Waals surface area contributed by atoms with Crippen molar-refractivity contribution in [2.75, 3.05) is 45.3 Å². The van der Waals surface area contributed by atoms with E-state index in [9.17, 15) is 4.79 Å². The normalized spacial score (nSPS) is 20.1. The van der Waals surface area contributed by atoms with E-state index in [0.29, 0.717) is 32.3 Å². The number of nitrogens with zero attached hydrogens (tertiary/aromatic N) is 3. The van der Waals surface area contributed by atoms with Crippen LogP contribution in [0.5, 0.6) is 0 Å². The van der Waals surface area contributed by atoms with Gasteiger partial charge in [0.15, 0.2) is 5.76 Å². The van der Waals surface area contributed by atoms with Crippen molar-refractivity contribution in [3.63, 3.8) is 0 Å². The van der Waals surface area contributed by atoms with Crippen LogP contribution in [0.2, 0.25) is 0 Å². The lowest BCUT2D eigenvalue weighted by molar-refractivity contribution is -0.115. The number of ether oxygens (including phenoxy) is 2. The van der Waals surface area contributed by atoms with Crippen LogP contribution in [0.3, 0.4) is 0 Å². The number of amides is 1. The molecule has 0 atom stereocenters. The molecule has 0 unspecified atom stereocenters. The summed E-state index contributed by atoms with van der Waals surface area (Å²) in [6.45, 7) is 2.64. The molecule has 6 nitrogen and oxygen atoms in total. The van der Waals surface area contributed by atoms with Gasteiger partial charge in [-0.05, 0) is 23.8 Å². The molecule has 3 rings (SSSR count). The maximum absolute atomic E-state index is 12.0. The van der Waals surface area contributed by atoms with E-state index in [-0.39, 0.29) is 11.7 Å². The van der Waals surface area contributed by atoms with Gasteiger partial charge in [-0.25, -0.2) is 0 Å². The van der Waals surface area contributed by atoms with Gasteiger partial charge in [0.1, 0.15) is 0 Å². The van der Waals surface area contributed by atoms with Gasteiger partial charge in [-0.2, -0.15) is 4.99 Å². The average molecular weight is 301 g/mol. The molecule has 0 bridgehead atoms. The largest absolute Gasteiger partial charge is 0.420 e. The second kappa shape index (κ2) is 6.19. The molecular weight excluding hydrogens is 282 g/mol. The van der Waals surface area contributed by atoms with Crippen LogP contribution < -0.4 is 4.90 Å². The molecule has 116 valence electrons. The summed E-state index contributed by atoms with van der Waals surface area (Å²) in [4.78, 5) is 19.9. The average Bonchev–Trinajstić information content (AvgIpc) is 2.90. The predicted octanol–water partition coefficient (Wildman–Crippen LogP) is 1.34. The minimum atomic E-state index is -0.335. The van der Waals surface area contributed by atoms with Crippen LogP contribution in [-0.4, -0.2) is 57.2 Å². The van der Waals surface area contributed by atoms with Crippen molar-refractivity contribution in [2.45, 2.75) is 0 Å². The Labute approximate surface area is 129 Å². The number of rotatable bonds is 2. The van der Waals surface area contributed by atoms with Crippen LogP contribution >= 0.6 is 0 Å². The number of benzene rings is 1. The minimum absolute atomic E-state index is 0.263. The Morgan fingerprint density at radius 2 is 1.86 bits per heavy atom. The first-order valence-electron chi connectivity index (χ1n) is 7.26. The lowest BCUT2D eigenvalue weighted by Crippen LogP contribution is -2.40. The van der Waals surface area contributed by atoms with E-state index < -0.39 is 0 Å². The second-order valence-corrected chi connectivity index (χ2v) is 5.40. The van der Waals surface area contributed by atoms with Crippen molar-refractivity contribution in [2.24, 2.45) is 4.99 Å². The summed E-state index contributed by atoms with van der Waals surface area (Å²) in [5, 5.41) is 0. The molecule has 1 aromatic carbocycles. The van der Waals surface area contributed by atoms with Gasteiger partial charge in [-0.1, -0.05) is 12.1 Å². The number of hydrogen-bond acceptors (Lipinski definition) is 5. The smallest absolute Gasteiger partial charge is 0.317 e. The number of amidine groups is 1. The molecule has 2 heterocycles. The summed E-state index contributed by atoms with van der Waals surface area (Å²) < 4.78 is 10.9. The molecule has 0 aliphatic carbocycles. The molecule has 22 heavy (non-hydrogen) atoms. The third-order valence-corrected chi connectivity index (χ3v) is 3.60. The summed E-state index contributed by atoms with van der Waals surface area (Å²) in [5.41, 5.74) is 2.01. The number of carbonyl (C=O) groups is 1. The van der Waals surface area contributed by atoms with Crippen LogP contribution in [0.1, 0.15) is 5.56 Å². The lowest BCUT2D eigenvalue weighted by atomic mass is 10.2. The van der Waals surface area contributed by atoms with Crippen molar-refractivity contribution >= 4 is 23.7 Å². The van der Waals surface area contributed by atoms with Gasteiger partial charge in [0.05, 0.1) is 13.2 Å². The molecule has 0 aromatic heterocycles. The molecule has 2 aliphatic rings. The molecule has 1 fully saturated rings. The van der Waals surface area contributed by atoms with Gasteiger partial charge in [0.25, 0.3) is 0 Å². The second-order valence-electron chi connectivity index (χ2n) is 5.40. The standard InChI is InChI=1S/C16H19N3O3/c1-18(2)13-5-3-12(4-6-13)11-14-15(20)17-16(22-14)19-7-9-21-10-8-19/h3-6,11H,7-10H2,1-2H3. The molecule has 6 heteroatoms. The first kappa shape index (κ1) is 14.6. The van der Waals surface area contributed by atoms with Crippen LogP contribution in [0.15, 0.2) is 35.0 Å². The van der Waals surface area contributed by atoms with Crippen LogP contribution in [0.4, 0.5) is 5.69 Å². The fourth-order valence-corrected chi connectivity index (χ4v) is 2.31. The first-order valence-corrected chi connectivity index (χ1v) is 7.26. The van der Waals surface area contributed by atoms with E-state index in [1.54, 1.807) is 6.08 Å². The van der Waals surface area contributed by atoms with Gasteiger partial charge in [0, 0.05) is 32.9 Å². The molecule has 1 aromatic rings. The highest BCUT2D eigenvalue weighted by Crippen LogP contribution is 2.19. The summed E-state index contributed by atoms with van der Waals surface area (Å²) in [6.07, 6.45) is 1.72. The highest BCUT2D eigenvalue weighted by Gasteiger charge is 2.28. The third-order valence-electron chi connectivity index (χ3n) is 3.60. The van der Waals surface area contributed by atoms with E-state index in [1.165, 1.54) is 0 Å². The molecule has 0 radical (unpaired) electrons. The molecule has 1 saturated heterocycles. The molecular formula is C16H19N3O3. The zero-order valence-corrected chi connectivity index (χ0v) is 12.8. The van der Waals surface area contributed by atoms with Crippen LogP contribution in [-0.2, 0) is 14.3 Å². The third kappa shape index (κ3) is 3.12. The SMILES string of the molecule is CN(C)c1ccc(C=C2OC(N3CCOCC3)=NC2=O)cc1. The van der Waals surface area contributed by atoms with Gasteiger partial charge >= 0.3 is 11.9 Å². The number of morpholine rings is 1. The quantitative estimate of drug-likeness (QED) is 0.772. The Bertz CT molecular complexity index is 614. The maximum Gasteiger partial charge on any atom is 0.317 e. The minimum Gasteiger partial charge on any atom is -0.420 e. The van der Waals surface area contributed by atoms with Crippen molar-refractivity contribution in [3.8, 4) is 0 Å². The van der Waals surface area contributed by atoms with Gasteiger partial charge in [-0.15, -0.1) is 0 Å². The monoisotopic (exact) mass is 301 g/mol. The van der Waals surface area contributed by atoms with Crippen molar-refractivity contribution in [1.29, 1.82) is 0 Å².